The van der Waals surface area contributed by atoms with Crippen molar-refractivity contribution in [2.24, 2.45) is 0 Å². The number of nitrogens with one attached hydrogen (secondary N) is 1. The van der Waals surface area contributed by atoms with Gasteiger partial charge in [-0.25, -0.2) is 4.98 Å². The Morgan fingerprint density at radius 1 is 1.21 bits per heavy atom. The van der Waals surface area contributed by atoms with Crippen LogP contribution in [0.25, 0.3) is 11.4 Å². The molecule has 0 saturated heterocycles. The predicted molar refractivity (Wildman–Crippen MR) is 95.3 cm³/mol. The monoisotopic (exact) mass is 339 g/mol. The van der Waals surface area contributed by atoms with Crippen molar-refractivity contribution in [3.05, 3.63) is 59.0 Å². The number of aryl methyl sites for hydroxylation is 1. The molecule has 0 fully saturated rings. The molecule has 1 aromatic carbocycles. The topological polar surface area (TPSA) is 64.1 Å². The second kappa shape index (κ2) is 7.70. The fourth-order valence-corrected chi connectivity index (χ4v) is 2.99. The van der Waals surface area contributed by atoms with E-state index < -0.39 is 0 Å². The number of rotatable bonds is 6. The van der Waals surface area contributed by atoms with E-state index in [4.69, 9.17) is 4.74 Å². The van der Waals surface area contributed by atoms with Crippen molar-refractivity contribution < 1.29 is 9.53 Å². The standard InChI is InChI=1S/C18H17N3O2S/c1-23-14-6-4-5-13(11-14)20-17(22)8-9-18-21-16(12-24-18)15-7-2-3-10-19-15/h2-7,10-12H,8-9H2,1H3,(H,20,22). The number of hydrogen-bond donors (Lipinski definition) is 1. The molecule has 0 aliphatic rings. The Balaban J connectivity index is 1.56. The van der Waals surface area contributed by atoms with Crippen molar-refractivity contribution in [2.75, 3.05) is 12.4 Å². The Hall–Kier alpha value is -2.73. The van der Waals surface area contributed by atoms with Gasteiger partial charge in [-0.3, -0.25) is 9.78 Å². The van der Waals surface area contributed by atoms with E-state index in [0.29, 0.717) is 18.6 Å². The first-order chi connectivity index (χ1) is 11.7. The van der Waals surface area contributed by atoms with Gasteiger partial charge >= 0.3 is 0 Å². The van der Waals surface area contributed by atoms with E-state index in [2.05, 4.69) is 15.3 Å². The van der Waals surface area contributed by atoms with Crippen LogP contribution in [0.15, 0.2) is 54.0 Å². The molecule has 0 radical (unpaired) electrons. The van der Waals surface area contributed by atoms with E-state index in [0.717, 1.165) is 22.1 Å². The maximum absolute atomic E-state index is 12.1. The van der Waals surface area contributed by atoms with Gasteiger partial charge in [0.15, 0.2) is 0 Å². The molecule has 3 rings (SSSR count). The maximum Gasteiger partial charge on any atom is 0.224 e. The average molecular weight is 339 g/mol. The summed E-state index contributed by atoms with van der Waals surface area (Å²) in [5.41, 5.74) is 2.43. The number of carbonyl (C=O) groups is 1. The number of methoxy groups -OCH3 is 1. The third-order valence-corrected chi connectivity index (χ3v) is 4.31. The summed E-state index contributed by atoms with van der Waals surface area (Å²) in [7, 11) is 1.60. The summed E-state index contributed by atoms with van der Waals surface area (Å²) in [4.78, 5) is 20.9. The first-order valence-electron chi connectivity index (χ1n) is 7.54. The van der Waals surface area contributed by atoms with Crippen molar-refractivity contribution in [1.29, 1.82) is 0 Å². The van der Waals surface area contributed by atoms with Crippen LogP contribution in [-0.2, 0) is 11.2 Å². The molecule has 0 spiro atoms. The molecule has 6 heteroatoms. The van der Waals surface area contributed by atoms with Gasteiger partial charge in [0.25, 0.3) is 0 Å². The van der Waals surface area contributed by atoms with Gasteiger partial charge in [0, 0.05) is 36.2 Å². The number of carbonyl (C=O) groups excluding carboxylic acids is 1. The number of amides is 1. The van der Waals surface area contributed by atoms with Crippen molar-refractivity contribution in [1.82, 2.24) is 9.97 Å². The SMILES string of the molecule is COc1cccc(NC(=O)CCc2nc(-c3ccccn3)cs2)c1. The summed E-state index contributed by atoms with van der Waals surface area (Å²) in [5.74, 6) is 0.672. The zero-order chi connectivity index (χ0) is 16.8. The van der Waals surface area contributed by atoms with Gasteiger partial charge in [-0.2, -0.15) is 0 Å². The van der Waals surface area contributed by atoms with Crippen LogP contribution in [0.2, 0.25) is 0 Å². The van der Waals surface area contributed by atoms with Gasteiger partial charge in [-0.05, 0) is 24.3 Å². The molecule has 0 bridgehead atoms. The average Bonchev–Trinajstić information content (AvgIpc) is 3.10. The number of ether oxygens (including phenoxy) is 1. The van der Waals surface area contributed by atoms with Crippen LogP contribution in [0.3, 0.4) is 0 Å². The molecule has 0 aliphatic carbocycles. The fourth-order valence-electron chi connectivity index (χ4n) is 2.20. The van der Waals surface area contributed by atoms with Crippen molar-refractivity contribution in [2.45, 2.75) is 12.8 Å². The zero-order valence-corrected chi connectivity index (χ0v) is 14.0. The molecule has 24 heavy (non-hydrogen) atoms. The third kappa shape index (κ3) is 4.17. The number of pyridine rings is 1. The molecule has 0 saturated carbocycles. The van der Waals surface area contributed by atoms with Crippen LogP contribution >= 0.6 is 11.3 Å². The highest BCUT2D eigenvalue weighted by Gasteiger charge is 2.08. The van der Waals surface area contributed by atoms with E-state index in [1.807, 2.05) is 41.8 Å². The van der Waals surface area contributed by atoms with Gasteiger partial charge in [-0.15, -0.1) is 11.3 Å². The zero-order valence-electron chi connectivity index (χ0n) is 13.2. The van der Waals surface area contributed by atoms with Gasteiger partial charge in [0.2, 0.25) is 5.91 Å². The predicted octanol–water partition coefficient (Wildman–Crippen LogP) is 3.79. The molecule has 0 unspecified atom stereocenters. The first kappa shape index (κ1) is 16.1. The molecule has 5 nitrogen and oxygen atoms in total. The second-order valence-electron chi connectivity index (χ2n) is 5.12. The molecular weight excluding hydrogens is 322 g/mol. The molecule has 122 valence electrons. The van der Waals surface area contributed by atoms with Crippen molar-refractivity contribution >= 4 is 22.9 Å². The highest BCUT2D eigenvalue weighted by molar-refractivity contribution is 7.09. The Labute approximate surface area is 144 Å². The number of thiazole rings is 1. The summed E-state index contributed by atoms with van der Waals surface area (Å²) in [6.45, 7) is 0. The lowest BCUT2D eigenvalue weighted by Gasteiger charge is -2.06. The quantitative estimate of drug-likeness (QED) is 0.742. The van der Waals surface area contributed by atoms with Gasteiger partial charge < -0.3 is 10.1 Å². The molecular formula is C18H17N3O2S. The Bertz CT molecular complexity index is 818. The maximum atomic E-state index is 12.1. The van der Waals surface area contributed by atoms with Gasteiger partial charge in [0.05, 0.1) is 23.5 Å². The third-order valence-electron chi connectivity index (χ3n) is 3.40. The molecule has 2 aromatic heterocycles. The smallest absolute Gasteiger partial charge is 0.224 e. The first-order valence-corrected chi connectivity index (χ1v) is 8.42. The summed E-state index contributed by atoms with van der Waals surface area (Å²) >= 11 is 1.55. The number of nitrogens with zero attached hydrogens (tertiary/aromatic N) is 2. The normalized spacial score (nSPS) is 10.4. The lowest BCUT2D eigenvalue weighted by Crippen LogP contribution is -2.12. The van der Waals surface area contributed by atoms with Crippen LogP contribution in [-0.4, -0.2) is 23.0 Å². The van der Waals surface area contributed by atoms with Crippen LogP contribution in [0.5, 0.6) is 5.75 Å². The van der Waals surface area contributed by atoms with Crippen LogP contribution < -0.4 is 10.1 Å². The largest absolute Gasteiger partial charge is 0.497 e. The van der Waals surface area contributed by atoms with Crippen LogP contribution in [0.4, 0.5) is 5.69 Å². The molecule has 1 amide bonds. The Morgan fingerprint density at radius 3 is 2.92 bits per heavy atom. The summed E-state index contributed by atoms with van der Waals surface area (Å²) < 4.78 is 5.14. The van der Waals surface area contributed by atoms with E-state index in [1.165, 1.54) is 0 Å². The molecule has 0 aliphatic heterocycles. The molecule has 2 heterocycles. The van der Waals surface area contributed by atoms with E-state index in [9.17, 15) is 4.79 Å². The van der Waals surface area contributed by atoms with Gasteiger partial charge in [-0.1, -0.05) is 12.1 Å². The molecule has 1 N–H and O–H groups in total. The lowest BCUT2D eigenvalue weighted by molar-refractivity contribution is -0.116. The summed E-state index contributed by atoms with van der Waals surface area (Å²) in [6, 6.07) is 13.0. The number of aromatic nitrogens is 2. The minimum atomic E-state index is -0.0437. The fraction of sp³-hybridized carbons (Fsp3) is 0.167. The highest BCUT2D eigenvalue weighted by atomic mass is 32.1. The Morgan fingerprint density at radius 2 is 2.12 bits per heavy atom. The van der Waals surface area contributed by atoms with E-state index in [1.54, 1.807) is 30.7 Å². The van der Waals surface area contributed by atoms with Crippen molar-refractivity contribution in [3.8, 4) is 17.1 Å². The molecule has 3 aromatic rings. The number of hydrogen-bond acceptors (Lipinski definition) is 5. The number of anilines is 1. The van der Waals surface area contributed by atoms with Crippen LogP contribution in [0, 0.1) is 0 Å². The summed E-state index contributed by atoms with van der Waals surface area (Å²) in [6.07, 6.45) is 2.73. The Kier molecular flexibility index (Phi) is 5.18. The minimum absolute atomic E-state index is 0.0437. The van der Waals surface area contributed by atoms with E-state index >= 15 is 0 Å². The van der Waals surface area contributed by atoms with Crippen LogP contribution in [0.1, 0.15) is 11.4 Å². The second-order valence-corrected chi connectivity index (χ2v) is 6.06. The lowest BCUT2D eigenvalue weighted by atomic mass is 10.2. The van der Waals surface area contributed by atoms with Gasteiger partial charge in [0.1, 0.15) is 5.75 Å². The highest BCUT2D eigenvalue weighted by Crippen LogP contribution is 2.21. The number of benzene rings is 1. The minimum Gasteiger partial charge on any atom is -0.497 e. The van der Waals surface area contributed by atoms with Crippen molar-refractivity contribution in [3.63, 3.8) is 0 Å². The van der Waals surface area contributed by atoms with E-state index in [-0.39, 0.29) is 5.91 Å². The molecule has 0 atom stereocenters. The summed E-state index contributed by atoms with van der Waals surface area (Å²) in [5, 5.41) is 5.77.